The molecule has 3 heteroatoms. The average Bonchev–Trinajstić information content (AvgIpc) is 2.46. The Balaban J connectivity index is 2.35. The van der Waals surface area contributed by atoms with Crippen molar-refractivity contribution in [3.63, 3.8) is 0 Å². The lowest BCUT2D eigenvalue weighted by Gasteiger charge is -2.12. The van der Waals surface area contributed by atoms with Crippen molar-refractivity contribution in [3.05, 3.63) is 59.7 Å². The molecule has 0 aliphatic heterocycles. The number of allylic oxidation sites excluding steroid dienone is 2. The highest BCUT2D eigenvalue weighted by atomic mass is 16.6. The number of ether oxygens (including phenoxy) is 2. The van der Waals surface area contributed by atoms with E-state index in [9.17, 15) is 4.79 Å². The fraction of sp³-hybridized carbons (Fsp3) is 0.250. The van der Waals surface area contributed by atoms with Gasteiger partial charge < -0.3 is 9.47 Å². The third-order valence-corrected chi connectivity index (χ3v) is 3.16. The van der Waals surface area contributed by atoms with Gasteiger partial charge in [-0.3, -0.25) is 0 Å². The molecule has 0 fully saturated rings. The molecule has 0 aliphatic carbocycles. The molecule has 0 saturated heterocycles. The fourth-order valence-electron chi connectivity index (χ4n) is 2.06. The van der Waals surface area contributed by atoms with Crippen LogP contribution in [-0.4, -0.2) is 12.6 Å². The highest BCUT2D eigenvalue weighted by molar-refractivity contribution is 5.89. The first-order valence-electron chi connectivity index (χ1n) is 7.61. The van der Waals surface area contributed by atoms with Crippen molar-refractivity contribution in [1.29, 1.82) is 0 Å². The monoisotopic (exact) mass is 310 g/mol. The van der Waals surface area contributed by atoms with Gasteiger partial charge in [-0.15, -0.1) is 0 Å². The van der Waals surface area contributed by atoms with Crippen LogP contribution in [0.1, 0.15) is 27.7 Å². The van der Waals surface area contributed by atoms with E-state index in [1.165, 1.54) is 11.6 Å². The lowest BCUT2D eigenvalue weighted by molar-refractivity contribution is -0.129. The van der Waals surface area contributed by atoms with E-state index in [-0.39, 0.29) is 0 Å². The van der Waals surface area contributed by atoms with Crippen LogP contribution in [-0.2, 0) is 4.79 Å². The normalized spacial score (nSPS) is 10.1. The summed E-state index contributed by atoms with van der Waals surface area (Å²) < 4.78 is 11.2. The molecule has 3 nitrogen and oxygen atoms in total. The van der Waals surface area contributed by atoms with Gasteiger partial charge in [0.05, 0.1) is 0 Å². The molecule has 0 unspecified atom stereocenters. The van der Waals surface area contributed by atoms with Crippen molar-refractivity contribution in [2.75, 3.05) is 6.61 Å². The van der Waals surface area contributed by atoms with Crippen molar-refractivity contribution in [3.8, 4) is 11.5 Å². The molecule has 2 aromatic carbocycles. The maximum absolute atomic E-state index is 11.9. The SMILES string of the molecule is CC(C)=CCOc1cc2ccccc2cc1OC(=O)C=C(C)C. The molecule has 0 amide bonds. The number of benzene rings is 2. The molecule has 2 rings (SSSR count). The predicted molar refractivity (Wildman–Crippen MR) is 93.9 cm³/mol. The Morgan fingerprint density at radius 3 is 2.13 bits per heavy atom. The largest absolute Gasteiger partial charge is 0.486 e. The zero-order chi connectivity index (χ0) is 16.8. The predicted octanol–water partition coefficient (Wildman–Crippen LogP) is 5.06. The van der Waals surface area contributed by atoms with Gasteiger partial charge in [0, 0.05) is 6.08 Å². The topological polar surface area (TPSA) is 35.5 Å². The number of carbonyl (C=O) groups is 1. The third kappa shape index (κ3) is 4.99. The summed E-state index contributed by atoms with van der Waals surface area (Å²) in [5.74, 6) is 0.609. The number of hydrogen-bond acceptors (Lipinski definition) is 3. The standard InChI is InChI=1S/C20H22O3/c1-14(2)9-10-22-18-12-16-7-5-6-8-17(16)13-19(18)23-20(21)11-15(3)4/h5-9,11-13H,10H2,1-4H3. The van der Waals surface area contributed by atoms with Gasteiger partial charge in [0.15, 0.2) is 11.5 Å². The highest BCUT2D eigenvalue weighted by Crippen LogP contribution is 2.33. The molecule has 120 valence electrons. The molecule has 0 spiro atoms. The maximum atomic E-state index is 11.9. The number of rotatable bonds is 5. The Morgan fingerprint density at radius 2 is 1.57 bits per heavy atom. The van der Waals surface area contributed by atoms with Gasteiger partial charge in [-0.1, -0.05) is 35.4 Å². The van der Waals surface area contributed by atoms with Crippen molar-refractivity contribution < 1.29 is 14.3 Å². The highest BCUT2D eigenvalue weighted by Gasteiger charge is 2.11. The summed E-state index contributed by atoms with van der Waals surface area (Å²) in [5.41, 5.74) is 2.07. The van der Waals surface area contributed by atoms with Gasteiger partial charge in [-0.2, -0.15) is 0 Å². The number of fused-ring (bicyclic) bond motifs is 1. The van der Waals surface area contributed by atoms with Gasteiger partial charge in [-0.05, 0) is 56.7 Å². The zero-order valence-electron chi connectivity index (χ0n) is 14.1. The fourth-order valence-corrected chi connectivity index (χ4v) is 2.06. The van der Waals surface area contributed by atoms with E-state index >= 15 is 0 Å². The molecule has 0 saturated carbocycles. The summed E-state index contributed by atoms with van der Waals surface area (Å²) in [5, 5.41) is 2.05. The second-order valence-corrected chi connectivity index (χ2v) is 5.88. The van der Waals surface area contributed by atoms with E-state index in [4.69, 9.17) is 9.47 Å². The summed E-state index contributed by atoms with van der Waals surface area (Å²) in [4.78, 5) is 11.9. The molecule has 0 radical (unpaired) electrons. The van der Waals surface area contributed by atoms with Crippen LogP contribution in [0.15, 0.2) is 59.7 Å². The van der Waals surface area contributed by atoms with Crippen LogP contribution in [0.3, 0.4) is 0 Å². The quantitative estimate of drug-likeness (QED) is 0.335. The van der Waals surface area contributed by atoms with Gasteiger partial charge in [-0.25, -0.2) is 4.79 Å². The molecule has 0 atom stereocenters. The van der Waals surface area contributed by atoms with E-state index in [0.29, 0.717) is 18.1 Å². The second-order valence-electron chi connectivity index (χ2n) is 5.88. The smallest absolute Gasteiger partial charge is 0.336 e. The van der Waals surface area contributed by atoms with Crippen LogP contribution in [0.4, 0.5) is 0 Å². The van der Waals surface area contributed by atoms with E-state index in [0.717, 1.165) is 16.3 Å². The number of hydrogen-bond donors (Lipinski definition) is 0. The molecule has 0 bridgehead atoms. The van der Waals surface area contributed by atoms with Crippen LogP contribution >= 0.6 is 0 Å². The summed E-state index contributed by atoms with van der Waals surface area (Å²) >= 11 is 0. The van der Waals surface area contributed by atoms with Crippen LogP contribution in [0.25, 0.3) is 10.8 Å². The minimum atomic E-state index is -0.396. The number of esters is 1. The third-order valence-electron chi connectivity index (χ3n) is 3.16. The molecule has 0 heterocycles. The molecule has 23 heavy (non-hydrogen) atoms. The molecular weight excluding hydrogens is 288 g/mol. The minimum absolute atomic E-state index is 0.396. The van der Waals surface area contributed by atoms with E-state index in [1.54, 1.807) is 0 Å². The lowest BCUT2D eigenvalue weighted by Crippen LogP contribution is -2.06. The Hall–Kier alpha value is -2.55. The minimum Gasteiger partial charge on any atom is -0.486 e. The van der Waals surface area contributed by atoms with E-state index in [2.05, 4.69) is 0 Å². The zero-order valence-corrected chi connectivity index (χ0v) is 14.1. The average molecular weight is 310 g/mol. The first-order chi connectivity index (χ1) is 11.0. The number of carbonyl (C=O) groups excluding carboxylic acids is 1. The first-order valence-corrected chi connectivity index (χ1v) is 7.61. The van der Waals surface area contributed by atoms with Gasteiger partial charge in [0.1, 0.15) is 6.61 Å². The van der Waals surface area contributed by atoms with E-state index in [1.807, 2.05) is 70.2 Å². The molecule has 0 aliphatic rings. The Morgan fingerprint density at radius 1 is 0.957 bits per heavy atom. The summed E-state index contributed by atoms with van der Waals surface area (Å²) in [6.07, 6.45) is 3.45. The van der Waals surface area contributed by atoms with Crippen LogP contribution in [0.5, 0.6) is 11.5 Å². The van der Waals surface area contributed by atoms with E-state index < -0.39 is 5.97 Å². The Kier molecular flexibility index (Phi) is 5.58. The van der Waals surface area contributed by atoms with Crippen molar-refractivity contribution in [2.24, 2.45) is 0 Å². The molecule has 0 N–H and O–H groups in total. The Bertz CT molecular complexity index is 762. The molecule has 0 aromatic heterocycles. The molecular formula is C20H22O3. The van der Waals surface area contributed by atoms with Gasteiger partial charge >= 0.3 is 5.97 Å². The summed E-state index contributed by atoms with van der Waals surface area (Å²) in [6, 6.07) is 11.6. The summed E-state index contributed by atoms with van der Waals surface area (Å²) in [7, 11) is 0. The van der Waals surface area contributed by atoms with Crippen molar-refractivity contribution in [1.82, 2.24) is 0 Å². The van der Waals surface area contributed by atoms with Gasteiger partial charge in [0.25, 0.3) is 0 Å². The van der Waals surface area contributed by atoms with Crippen LogP contribution < -0.4 is 9.47 Å². The summed E-state index contributed by atoms with van der Waals surface area (Å²) in [6.45, 7) is 8.18. The Labute approximate surface area is 137 Å². The van der Waals surface area contributed by atoms with Crippen LogP contribution in [0.2, 0.25) is 0 Å². The van der Waals surface area contributed by atoms with Gasteiger partial charge in [0.2, 0.25) is 0 Å². The molecule has 2 aromatic rings. The lowest BCUT2D eigenvalue weighted by atomic mass is 10.1. The second kappa shape index (κ2) is 7.63. The van der Waals surface area contributed by atoms with Crippen molar-refractivity contribution in [2.45, 2.75) is 27.7 Å². The first kappa shape index (κ1) is 16.8. The maximum Gasteiger partial charge on any atom is 0.336 e. The van der Waals surface area contributed by atoms with Crippen LogP contribution in [0, 0.1) is 0 Å². The van der Waals surface area contributed by atoms with Crippen molar-refractivity contribution >= 4 is 16.7 Å².